The second-order valence-corrected chi connectivity index (χ2v) is 8.30. The van der Waals surface area contributed by atoms with Crippen molar-refractivity contribution >= 4 is 50.6 Å². The molecular weight excluding hydrogens is 401 g/mol. The number of nitrogens with zero attached hydrogens (tertiary/aromatic N) is 4. The maximum Gasteiger partial charge on any atom is 0.238 e. The molecule has 0 fully saturated rings. The van der Waals surface area contributed by atoms with E-state index in [1.54, 1.807) is 23.6 Å². The number of imidazole rings is 1. The molecule has 4 aromatic rings. The SMILES string of the molecule is Cc1sc2nc(-n3ccnc3C)nc(NCc3ccc(Cl)c(Cl)c3)c2c1C. The van der Waals surface area contributed by atoms with Crippen LogP contribution in [0, 0.1) is 20.8 Å². The van der Waals surface area contributed by atoms with Gasteiger partial charge in [-0.15, -0.1) is 11.3 Å². The van der Waals surface area contributed by atoms with E-state index in [-0.39, 0.29) is 0 Å². The number of aromatic nitrogens is 4. The first-order chi connectivity index (χ1) is 12.9. The van der Waals surface area contributed by atoms with Gasteiger partial charge in [0.2, 0.25) is 5.95 Å². The second-order valence-electron chi connectivity index (χ2n) is 6.28. The lowest BCUT2D eigenvalue weighted by atomic mass is 10.2. The fourth-order valence-corrected chi connectivity index (χ4v) is 4.24. The van der Waals surface area contributed by atoms with Crippen molar-refractivity contribution in [1.82, 2.24) is 19.5 Å². The number of nitrogens with one attached hydrogen (secondary N) is 1. The Bertz CT molecular complexity index is 1150. The van der Waals surface area contributed by atoms with Crippen LogP contribution in [0.5, 0.6) is 0 Å². The summed E-state index contributed by atoms with van der Waals surface area (Å²) in [5.74, 6) is 2.25. The van der Waals surface area contributed by atoms with Gasteiger partial charge in [0.05, 0.1) is 15.4 Å². The van der Waals surface area contributed by atoms with Crippen LogP contribution in [-0.4, -0.2) is 19.5 Å². The molecule has 0 spiro atoms. The van der Waals surface area contributed by atoms with E-state index in [1.807, 2.05) is 29.8 Å². The maximum atomic E-state index is 6.14. The summed E-state index contributed by atoms with van der Waals surface area (Å²) in [4.78, 5) is 16.0. The average Bonchev–Trinajstić information content (AvgIpc) is 3.19. The zero-order chi connectivity index (χ0) is 19.1. The molecule has 0 aliphatic rings. The van der Waals surface area contributed by atoms with E-state index in [2.05, 4.69) is 24.1 Å². The standard InChI is InChI=1S/C19H17Cl2N5S/c1-10-11(2)27-18-16(10)17(23-9-13-4-5-14(20)15(21)8-13)24-19(25-18)26-7-6-22-12(26)3/h4-8H,9H2,1-3H3,(H,23,24,25). The molecule has 0 aliphatic heterocycles. The van der Waals surface area contributed by atoms with Crippen molar-refractivity contribution in [2.45, 2.75) is 27.3 Å². The quantitative estimate of drug-likeness (QED) is 0.461. The zero-order valence-electron chi connectivity index (χ0n) is 15.0. The highest BCUT2D eigenvalue weighted by molar-refractivity contribution is 7.18. The van der Waals surface area contributed by atoms with Gasteiger partial charge in [0, 0.05) is 23.8 Å². The van der Waals surface area contributed by atoms with E-state index in [9.17, 15) is 0 Å². The average molecular weight is 418 g/mol. The molecule has 0 saturated carbocycles. The molecule has 3 heterocycles. The van der Waals surface area contributed by atoms with Gasteiger partial charge in [0.1, 0.15) is 16.5 Å². The Labute approximate surface area is 171 Å². The number of fused-ring (bicyclic) bond motifs is 1. The summed E-state index contributed by atoms with van der Waals surface area (Å²) in [6.07, 6.45) is 3.61. The Kier molecular flexibility index (Phi) is 4.80. The maximum absolute atomic E-state index is 6.14. The summed E-state index contributed by atoms with van der Waals surface area (Å²) in [6, 6.07) is 5.62. The van der Waals surface area contributed by atoms with Crippen LogP contribution in [0.2, 0.25) is 10.0 Å². The van der Waals surface area contributed by atoms with Crippen molar-refractivity contribution in [3.63, 3.8) is 0 Å². The molecule has 0 unspecified atom stereocenters. The minimum absolute atomic E-state index is 0.543. The molecule has 0 radical (unpaired) electrons. The number of hydrogen-bond donors (Lipinski definition) is 1. The number of hydrogen-bond acceptors (Lipinski definition) is 5. The van der Waals surface area contributed by atoms with E-state index in [1.165, 1.54) is 10.4 Å². The van der Waals surface area contributed by atoms with Gasteiger partial charge in [-0.05, 0) is 44.0 Å². The van der Waals surface area contributed by atoms with Crippen molar-refractivity contribution in [3.8, 4) is 5.95 Å². The normalized spacial score (nSPS) is 11.3. The van der Waals surface area contributed by atoms with Gasteiger partial charge in [-0.2, -0.15) is 4.98 Å². The van der Waals surface area contributed by atoms with E-state index >= 15 is 0 Å². The summed E-state index contributed by atoms with van der Waals surface area (Å²) in [5.41, 5.74) is 2.22. The predicted octanol–water partition coefficient (Wildman–Crippen LogP) is 5.72. The number of anilines is 1. The third-order valence-electron chi connectivity index (χ3n) is 4.50. The Hall–Kier alpha value is -2.15. The summed E-state index contributed by atoms with van der Waals surface area (Å²) < 4.78 is 1.88. The summed E-state index contributed by atoms with van der Waals surface area (Å²) in [6.45, 7) is 6.72. The van der Waals surface area contributed by atoms with Crippen LogP contribution in [0.25, 0.3) is 16.2 Å². The molecule has 0 saturated heterocycles. The third-order valence-corrected chi connectivity index (χ3v) is 6.34. The van der Waals surface area contributed by atoms with E-state index in [0.717, 1.165) is 27.4 Å². The van der Waals surface area contributed by atoms with Crippen LogP contribution < -0.4 is 5.32 Å². The first kappa shape index (κ1) is 18.2. The number of rotatable bonds is 4. The molecule has 0 atom stereocenters. The second kappa shape index (κ2) is 7.11. The fraction of sp³-hybridized carbons (Fsp3) is 0.211. The predicted molar refractivity (Wildman–Crippen MR) is 113 cm³/mol. The van der Waals surface area contributed by atoms with E-state index < -0.39 is 0 Å². The Morgan fingerprint density at radius 1 is 1.11 bits per heavy atom. The molecule has 8 heteroatoms. The molecule has 5 nitrogen and oxygen atoms in total. The van der Waals surface area contributed by atoms with Crippen molar-refractivity contribution in [2.75, 3.05) is 5.32 Å². The van der Waals surface area contributed by atoms with Crippen molar-refractivity contribution in [2.24, 2.45) is 0 Å². The van der Waals surface area contributed by atoms with E-state index in [4.69, 9.17) is 33.2 Å². The lowest BCUT2D eigenvalue weighted by Gasteiger charge is -2.11. The van der Waals surface area contributed by atoms with Gasteiger partial charge in [-0.25, -0.2) is 9.97 Å². The fourth-order valence-electron chi connectivity index (χ4n) is 2.90. The van der Waals surface area contributed by atoms with Gasteiger partial charge < -0.3 is 5.32 Å². The third kappa shape index (κ3) is 3.40. The molecule has 138 valence electrons. The van der Waals surface area contributed by atoms with Gasteiger partial charge >= 0.3 is 0 Å². The molecule has 0 bridgehead atoms. The molecule has 0 amide bonds. The molecule has 0 aliphatic carbocycles. The number of halogens is 2. The molecule has 4 rings (SSSR count). The first-order valence-electron chi connectivity index (χ1n) is 8.40. The zero-order valence-corrected chi connectivity index (χ0v) is 17.4. The Morgan fingerprint density at radius 3 is 2.63 bits per heavy atom. The van der Waals surface area contributed by atoms with Crippen molar-refractivity contribution in [1.29, 1.82) is 0 Å². The highest BCUT2D eigenvalue weighted by Crippen LogP contribution is 2.34. The lowest BCUT2D eigenvalue weighted by molar-refractivity contribution is 0.893. The van der Waals surface area contributed by atoms with Crippen LogP contribution in [-0.2, 0) is 6.54 Å². The van der Waals surface area contributed by atoms with Crippen LogP contribution >= 0.6 is 34.5 Å². The Balaban J connectivity index is 1.77. The molecule has 3 aromatic heterocycles. The molecule has 1 N–H and O–H groups in total. The van der Waals surface area contributed by atoms with Crippen molar-refractivity contribution in [3.05, 3.63) is 62.5 Å². The topological polar surface area (TPSA) is 55.6 Å². The van der Waals surface area contributed by atoms with Crippen molar-refractivity contribution < 1.29 is 0 Å². The van der Waals surface area contributed by atoms with Gasteiger partial charge in [0.25, 0.3) is 0 Å². The number of aryl methyl sites for hydroxylation is 3. The molecule has 1 aromatic carbocycles. The van der Waals surface area contributed by atoms with Gasteiger partial charge in [-0.1, -0.05) is 29.3 Å². The lowest BCUT2D eigenvalue weighted by Crippen LogP contribution is -2.07. The first-order valence-corrected chi connectivity index (χ1v) is 9.97. The van der Waals surface area contributed by atoms with Gasteiger partial charge in [0.15, 0.2) is 0 Å². The van der Waals surface area contributed by atoms with Crippen LogP contribution in [0.15, 0.2) is 30.6 Å². The smallest absolute Gasteiger partial charge is 0.238 e. The van der Waals surface area contributed by atoms with Crippen LogP contribution in [0.1, 0.15) is 21.8 Å². The van der Waals surface area contributed by atoms with Crippen LogP contribution in [0.4, 0.5) is 5.82 Å². The minimum atomic E-state index is 0.543. The molecule has 27 heavy (non-hydrogen) atoms. The summed E-state index contributed by atoms with van der Waals surface area (Å²) in [7, 11) is 0. The highest BCUT2D eigenvalue weighted by Gasteiger charge is 2.16. The number of thiophene rings is 1. The van der Waals surface area contributed by atoms with E-state index in [0.29, 0.717) is 22.5 Å². The molecular formula is C19H17Cl2N5S. The Morgan fingerprint density at radius 2 is 1.93 bits per heavy atom. The summed E-state index contributed by atoms with van der Waals surface area (Å²) in [5, 5.41) is 5.59. The van der Waals surface area contributed by atoms with Gasteiger partial charge in [-0.3, -0.25) is 4.57 Å². The monoisotopic (exact) mass is 417 g/mol. The highest BCUT2D eigenvalue weighted by atomic mass is 35.5. The summed E-state index contributed by atoms with van der Waals surface area (Å²) >= 11 is 13.8. The largest absolute Gasteiger partial charge is 0.365 e. The number of benzene rings is 1. The van der Waals surface area contributed by atoms with Crippen LogP contribution in [0.3, 0.4) is 0 Å². The minimum Gasteiger partial charge on any atom is -0.365 e.